The molecule has 0 aliphatic carbocycles. The van der Waals surface area contributed by atoms with E-state index in [0.29, 0.717) is 0 Å². The van der Waals surface area contributed by atoms with Gasteiger partial charge in [0.05, 0.1) is 5.69 Å². The number of aryl methyl sites for hydroxylation is 1. The number of nitrogens with zero attached hydrogens (tertiary/aromatic N) is 2. The molecular weight excluding hydrogens is 250 g/mol. The fourth-order valence-corrected chi connectivity index (χ4v) is 1.64. The van der Waals surface area contributed by atoms with Gasteiger partial charge in [-0.25, -0.2) is 4.39 Å². The number of hydrogen-bond donors (Lipinski definition) is 1. The van der Waals surface area contributed by atoms with Crippen LogP contribution in [0.3, 0.4) is 0 Å². The maximum absolute atomic E-state index is 13.4. The van der Waals surface area contributed by atoms with Gasteiger partial charge in [0.1, 0.15) is 17.2 Å². The standard InChI is InChI=1S/C11H9F4N3/c1-18-9(16)5-8(17-18)6-3-2-4-7(12)10(6)11(13,14)15/h2-5H,16H2,1H3. The number of alkyl halides is 3. The Bertz CT molecular complexity index is 567. The predicted octanol–water partition coefficient (Wildman–Crippen LogP) is 2.83. The van der Waals surface area contributed by atoms with Crippen LogP contribution < -0.4 is 5.73 Å². The first-order valence-electron chi connectivity index (χ1n) is 4.96. The summed E-state index contributed by atoms with van der Waals surface area (Å²) in [5.41, 5.74) is 3.83. The van der Waals surface area contributed by atoms with Crippen LogP contribution in [0.25, 0.3) is 11.3 Å². The molecule has 96 valence electrons. The van der Waals surface area contributed by atoms with Crippen molar-refractivity contribution in [1.82, 2.24) is 9.78 Å². The second-order valence-corrected chi connectivity index (χ2v) is 3.74. The Hall–Kier alpha value is -2.05. The first kappa shape index (κ1) is 12.4. The van der Waals surface area contributed by atoms with Gasteiger partial charge < -0.3 is 5.73 Å². The van der Waals surface area contributed by atoms with Crippen LogP contribution in [0.2, 0.25) is 0 Å². The van der Waals surface area contributed by atoms with E-state index in [0.717, 1.165) is 12.1 Å². The Morgan fingerprint density at radius 3 is 2.44 bits per heavy atom. The molecule has 0 saturated heterocycles. The lowest BCUT2D eigenvalue weighted by Crippen LogP contribution is -2.10. The minimum Gasteiger partial charge on any atom is -0.384 e. The van der Waals surface area contributed by atoms with E-state index in [1.807, 2.05) is 0 Å². The predicted molar refractivity (Wildman–Crippen MR) is 58.0 cm³/mol. The molecule has 0 saturated carbocycles. The molecule has 0 atom stereocenters. The van der Waals surface area contributed by atoms with Gasteiger partial charge in [0.25, 0.3) is 0 Å². The quantitative estimate of drug-likeness (QED) is 0.800. The molecule has 0 aliphatic heterocycles. The third kappa shape index (κ3) is 2.03. The SMILES string of the molecule is Cn1nc(-c2cccc(F)c2C(F)(F)F)cc1N. The minimum absolute atomic E-state index is 0.0122. The smallest absolute Gasteiger partial charge is 0.384 e. The van der Waals surface area contributed by atoms with Crippen LogP contribution in [0.5, 0.6) is 0 Å². The monoisotopic (exact) mass is 259 g/mol. The summed E-state index contributed by atoms with van der Waals surface area (Å²) in [6, 6.07) is 4.39. The van der Waals surface area contributed by atoms with Crippen molar-refractivity contribution in [3.8, 4) is 11.3 Å². The van der Waals surface area contributed by atoms with Crippen LogP contribution in [-0.4, -0.2) is 9.78 Å². The molecule has 0 radical (unpaired) electrons. The third-order valence-corrected chi connectivity index (χ3v) is 2.49. The van der Waals surface area contributed by atoms with E-state index in [1.165, 1.54) is 23.9 Å². The second-order valence-electron chi connectivity index (χ2n) is 3.74. The van der Waals surface area contributed by atoms with Gasteiger partial charge in [0.15, 0.2) is 0 Å². The molecule has 0 bridgehead atoms. The van der Waals surface area contributed by atoms with E-state index in [4.69, 9.17) is 5.73 Å². The zero-order valence-electron chi connectivity index (χ0n) is 9.29. The average Bonchev–Trinajstić information content (AvgIpc) is 2.57. The summed E-state index contributed by atoms with van der Waals surface area (Å²) >= 11 is 0. The van der Waals surface area contributed by atoms with Gasteiger partial charge in [-0.3, -0.25) is 4.68 Å². The molecule has 0 unspecified atom stereocenters. The molecule has 0 aliphatic rings. The molecule has 2 rings (SSSR count). The summed E-state index contributed by atoms with van der Waals surface area (Å²) in [6.45, 7) is 0. The molecule has 0 amide bonds. The fraction of sp³-hybridized carbons (Fsp3) is 0.182. The Balaban J connectivity index is 2.68. The van der Waals surface area contributed by atoms with E-state index >= 15 is 0 Å². The summed E-state index contributed by atoms with van der Waals surface area (Å²) in [5.74, 6) is -1.13. The molecule has 2 N–H and O–H groups in total. The summed E-state index contributed by atoms with van der Waals surface area (Å²) in [6.07, 6.45) is -4.78. The van der Waals surface area contributed by atoms with Gasteiger partial charge in [-0.15, -0.1) is 0 Å². The Labute approximate surface area is 99.8 Å². The van der Waals surface area contributed by atoms with Gasteiger partial charge in [-0.05, 0) is 6.07 Å². The first-order valence-corrected chi connectivity index (χ1v) is 4.96. The number of hydrogen-bond acceptors (Lipinski definition) is 2. The van der Waals surface area contributed by atoms with Gasteiger partial charge in [-0.2, -0.15) is 18.3 Å². The molecule has 0 spiro atoms. The molecule has 2 aromatic rings. The lowest BCUT2D eigenvalue weighted by Gasteiger charge is -2.11. The summed E-state index contributed by atoms with van der Waals surface area (Å²) in [7, 11) is 1.49. The van der Waals surface area contributed by atoms with Gasteiger partial charge in [0.2, 0.25) is 0 Å². The number of anilines is 1. The van der Waals surface area contributed by atoms with Crippen molar-refractivity contribution in [3.05, 3.63) is 35.6 Å². The highest BCUT2D eigenvalue weighted by molar-refractivity contribution is 5.67. The molecule has 1 heterocycles. The highest BCUT2D eigenvalue weighted by Gasteiger charge is 2.37. The van der Waals surface area contributed by atoms with Crippen LogP contribution in [0.4, 0.5) is 23.4 Å². The van der Waals surface area contributed by atoms with E-state index in [1.54, 1.807) is 0 Å². The number of rotatable bonds is 1. The van der Waals surface area contributed by atoms with Gasteiger partial charge >= 0.3 is 6.18 Å². The highest BCUT2D eigenvalue weighted by atomic mass is 19.4. The zero-order chi connectivity index (χ0) is 13.5. The van der Waals surface area contributed by atoms with E-state index in [-0.39, 0.29) is 17.1 Å². The van der Waals surface area contributed by atoms with Crippen LogP contribution in [0.15, 0.2) is 24.3 Å². The van der Waals surface area contributed by atoms with Crippen molar-refractivity contribution < 1.29 is 17.6 Å². The fourth-order valence-electron chi connectivity index (χ4n) is 1.64. The molecule has 3 nitrogen and oxygen atoms in total. The summed E-state index contributed by atoms with van der Waals surface area (Å²) in [4.78, 5) is 0. The first-order chi connectivity index (χ1) is 8.30. The molecule has 18 heavy (non-hydrogen) atoms. The van der Waals surface area contributed by atoms with Crippen molar-refractivity contribution in [3.63, 3.8) is 0 Å². The van der Waals surface area contributed by atoms with E-state index in [2.05, 4.69) is 5.10 Å². The Morgan fingerprint density at radius 1 is 1.28 bits per heavy atom. The number of nitrogens with two attached hydrogens (primary N) is 1. The van der Waals surface area contributed by atoms with Crippen molar-refractivity contribution in [2.75, 3.05) is 5.73 Å². The molecular formula is C11H9F4N3. The number of benzene rings is 1. The number of aromatic nitrogens is 2. The number of halogens is 4. The topological polar surface area (TPSA) is 43.8 Å². The van der Waals surface area contributed by atoms with Crippen LogP contribution in [0.1, 0.15) is 5.56 Å². The average molecular weight is 259 g/mol. The largest absolute Gasteiger partial charge is 0.419 e. The van der Waals surface area contributed by atoms with Gasteiger partial charge in [0, 0.05) is 18.7 Å². The molecule has 0 fully saturated rings. The lowest BCUT2D eigenvalue weighted by molar-refractivity contribution is -0.139. The third-order valence-electron chi connectivity index (χ3n) is 2.49. The molecule has 1 aromatic heterocycles. The zero-order valence-corrected chi connectivity index (χ0v) is 9.29. The van der Waals surface area contributed by atoms with E-state index in [9.17, 15) is 17.6 Å². The second kappa shape index (κ2) is 4.01. The Morgan fingerprint density at radius 2 is 1.94 bits per heavy atom. The van der Waals surface area contributed by atoms with E-state index < -0.39 is 17.6 Å². The molecule has 1 aromatic carbocycles. The Kier molecular flexibility index (Phi) is 2.76. The van der Waals surface area contributed by atoms with Gasteiger partial charge in [-0.1, -0.05) is 12.1 Å². The maximum atomic E-state index is 13.4. The minimum atomic E-state index is -4.78. The molecule has 7 heteroatoms. The van der Waals surface area contributed by atoms with Crippen molar-refractivity contribution in [1.29, 1.82) is 0 Å². The number of nitrogen functional groups attached to an aromatic ring is 1. The van der Waals surface area contributed by atoms with Crippen molar-refractivity contribution in [2.24, 2.45) is 7.05 Å². The van der Waals surface area contributed by atoms with Crippen LogP contribution in [0, 0.1) is 5.82 Å². The lowest BCUT2D eigenvalue weighted by atomic mass is 10.0. The maximum Gasteiger partial charge on any atom is 0.419 e. The summed E-state index contributed by atoms with van der Waals surface area (Å²) in [5, 5.41) is 3.82. The normalized spacial score (nSPS) is 11.8. The van der Waals surface area contributed by atoms with Crippen LogP contribution in [-0.2, 0) is 13.2 Å². The van der Waals surface area contributed by atoms with Crippen molar-refractivity contribution in [2.45, 2.75) is 6.18 Å². The van der Waals surface area contributed by atoms with Crippen LogP contribution >= 0.6 is 0 Å². The van der Waals surface area contributed by atoms with Crippen molar-refractivity contribution >= 4 is 5.82 Å². The summed E-state index contributed by atoms with van der Waals surface area (Å²) < 4.78 is 53.0. The highest BCUT2D eigenvalue weighted by Crippen LogP contribution is 2.38.